The van der Waals surface area contributed by atoms with Crippen LogP contribution >= 0.6 is 11.6 Å². The van der Waals surface area contributed by atoms with Gasteiger partial charge in [-0.3, -0.25) is 14.5 Å². The fourth-order valence-electron chi connectivity index (χ4n) is 3.98. The number of hydrogen-bond acceptors (Lipinski definition) is 5. The van der Waals surface area contributed by atoms with E-state index in [1.807, 2.05) is 13.0 Å². The maximum atomic E-state index is 13.4. The van der Waals surface area contributed by atoms with Crippen LogP contribution in [0.5, 0.6) is 0 Å². The number of ether oxygens (including phenoxy) is 1. The summed E-state index contributed by atoms with van der Waals surface area (Å²) in [6, 6.07) is 16.6. The van der Waals surface area contributed by atoms with E-state index in [1.165, 1.54) is 11.2 Å². The van der Waals surface area contributed by atoms with Crippen molar-refractivity contribution in [3.8, 4) is 0 Å². The molecule has 1 fully saturated rings. The van der Waals surface area contributed by atoms with Crippen molar-refractivity contribution >= 4 is 35.2 Å². The van der Waals surface area contributed by atoms with Gasteiger partial charge in [0.1, 0.15) is 5.76 Å². The van der Waals surface area contributed by atoms with Gasteiger partial charge < -0.3 is 19.8 Å². The van der Waals surface area contributed by atoms with Gasteiger partial charge in [-0.2, -0.15) is 0 Å². The Morgan fingerprint density at radius 2 is 1.91 bits per heavy atom. The highest BCUT2D eigenvalue weighted by Crippen LogP contribution is 2.35. The predicted molar refractivity (Wildman–Crippen MR) is 131 cm³/mol. The van der Waals surface area contributed by atoms with Crippen LogP contribution in [0.2, 0.25) is 5.02 Å². The number of amides is 3. The van der Waals surface area contributed by atoms with Gasteiger partial charge in [-0.15, -0.1) is 0 Å². The molecule has 2 heterocycles. The van der Waals surface area contributed by atoms with Crippen LogP contribution in [0.1, 0.15) is 42.8 Å². The summed E-state index contributed by atoms with van der Waals surface area (Å²) in [4.78, 5) is 39.8. The molecule has 8 nitrogen and oxygen atoms in total. The average molecular weight is 496 g/mol. The van der Waals surface area contributed by atoms with Crippen LogP contribution in [-0.4, -0.2) is 28.8 Å². The molecule has 1 saturated heterocycles. The van der Waals surface area contributed by atoms with Crippen molar-refractivity contribution < 1.29 is 23.5 Å². The number of benzene rings is 2. The number of cyclic esters (lactones) is 1. The van der Waals surface area contributed by atoms with Crippen LogP contribution in [0.4, 0.5) is 10.5 Å². The van der Waals surface area contributed by atoms with Gasteiger partial charge >= 0.3 is 6.09 Å². The molecule has 0 saturated carbocycles. The number of halogens is 1. The maximum absolute atomic E-state index is 13.4. The monoisotopic (exact) mass is 495 g/mol. The van der Waals surface area contributed by atoms with Gasteiger partial charge in [0.15, 0.2) is 12.1 Å². The Hall–Kier alpha value is -3.78. The zero-order valence-electron chi connectivity index (χ0n) is 19.2. The van der Waals surface area contributed by atoms with E-state index in [0.29, 0.717) is 28.5 Å². The zero-order chi connectivity index (χ0) is 24.8. The fourth-order valence-corrected chi connectivity index (χ4v) is 4.19. The van der Waals surface area contributed by atoms with E-state index >= 15 is 0 Å². The first-order chi connectivity index (χ1) is 16.9. The molecule has 3 amide bonds. The smallest absolute Gasteiger partial charge is 0.411 e. The van der Waals surface area contributed by atoms with Crippen molar-refractivity contribution in [2.75, 3.05) is 5.32 Å². The molecule has 0 unspecified atom stereocenters. The third-order valence-corrected chi connectivity index (χ3v) is 5.82. The molecule has 0 radical (unpaired) electrons. The molecule has 4 rings (SSSR count). The van der Waals surface area contributed by atoms with Crippen LogP contribution in [0.25, 0.3) is 0 Å². The van der Waals surface area contributed by atoms with E-state index < -0.39 is 18.2 Å². The summed E-state index contributed by atoms with van der Waals surface area (Å²) in [7, 11) is 0. The minimum Gasteiger partial charge on any atom is -0.467 e. The van der Waals surface area contributed by atoms with E-state index in [9.17, 15) is 14.4 Å². The summed E-state index contributed by atoms with van der Waals surface area (Å²) in [6.07, 6.45) is 1.15. The molecule has 2 atom stereocenters. The maximum Gasteiger partial charge on any atom is 0.411 e. The summed E-state index contributed by atoms with van der Waals surface area (Å²) < 4.78 is 11.0. The summed E-state index contributed by atoms with van der Waals surface area (Å²) in [5, 5.41) is 6.21. The molecule has 35 heavy (non-hydrogen) atoms. The number of carbonyl (C=O) groups is 3. The van der Waals surface area contributed by atoms with E-state index in [1.54, 1.807) is 54.6 Å². The van der Waals surface area contributed by atoms with Gasteiger partial charge in [-0.1, -0.05) is 42.8 Å². The number of furan rings is 1. The van der Waals surface area contributed by atoms with Crippen LogP contribution < -0.4 is 10.6 Å². The Morgan fingerprint density at radius 1 is 1.09 bits per heavy atom. The Kier molecular flexibility index (Phi) is 7.72. The molecule has 3 aromatic rings. The second-order valence-electron chi connectivity index (χ2n) is 8.23. The lowest BCUT2D eigenvalue weighted by molar-refractivity contribution is -0.126. The van der Waals surface area contributed by atoms with Crippen molar-refractivity contribution in [3.05, 3.63) is 88.8 Å². The van der Waals surface area contributed by atoms with Gasteiger partial charge in [0.05, 0.1) is 19.4 Å². The van der Waals surface area contributed by atoms with Crippen molar-refractivity contribution in [3.63, 3.8) is 0 Å². The van der Waals surface area contributed by atoms with Gasteiger partial charge in [0.25, 0.3) is 0 Å². The van der Waals surface area contributed by atoms with Crippen LogP contribution in [0.3, 0.4) is 0 Å². The second-order valence-corrected chi connectivity index (χ2v) is 8.66. The molecule has 1 aliphatic rings. The molecule has 0 spiro atoms. The van der Waals surface area contributed by atoms with Gasteiger partial charge in [-0.25, -0.2) is 4.79 Å². The lowest BCUT2D eigenvalue weighted by Crippen LogP contribution is -2.46. The third-order valence-electron chi connectivity index (χ3n) is 5.59. The van der Waals surface area contributed by atoms with Crippen LogP contribution in [0.15, 0.2) is 71.3 Å². The number of carbonyl (C=O) groups excluding carboxylic acids is 3. The minimum absolute atomic E-state index is 0.108. The number of anilines is 1. The second kappa shape index (κ2) is 11.1. The molecule has 2 aromatic carbocycles. The molecule has 0 aliphatic carbocycles. The molecule has 2 N–H and O–H groups in total. The van der Waals surface area contributed by atoms with Crippen molar-refractivity contribution in [2.45, 2.75) is 45.0 Å². The van der Waals surface area contributed by atoms with E-state index in [2.05, 4.69) is 10.6 Å². The lowest BCUT2D eigenvalue weighted by Gasteiger charge is -2.24. The van der Waals surface area contributed by atoms with E-state index in [-0.39, 0.29) is 24.9 Å². The number of rotatable bonds is 9. The molecule has 0 bridgehead atoms. The SMILES string of the molecule is CCCC(=O)Nc1cccc([C@@H]2OC(=O)N(Cc3cccc(Cl)c3)[C@H]2C(=O)NCc2ccco2)c1. The minimum atomic E-state index is -0.946. The van der Waals surface area contributed by atoms with Crippen LogP contribution in [0, 0.1) is 0 Å². The van der Waals surface area contributed by atoms with Gasteiger partial charge in [0, 0.05) is 17.1 Å². The van der Waals surface area contributed by atoms with Crippen molar-refractivity contribution in [1.29, 1.82) is 0 Å². The average Bonchev–Trinajstić information content (AvgIpc) is 3.46. The largest absolute Gasteiger partial charge is 0.467 e. The first-order valence-corrected chi connectivity index (χ1v) is 11.7. The third kappa shape index (κ3) is 6.02. The highest BCUT2D eigenvalue weighted by molar-refractivity contribution is 6.30. The number of hydrogen-bond donors (Lipinski definition) is 2. The predicted octanol–water partition coefficient (Wildman–Crippen LogP) is 5.05. The first kappa shape index (κ1) is 24.3. The Labute approximate surface area is 208 Å². The van der Waals surface area contributed by atoms with Crippen molar-refractivity contribution in [1.82, 2.24) is 10.2 Å². The Bertz CT molecular complexity index is 1200. The lowest BCUT2D eigenvalue weighted by atomic mass is 10.00. The molecule has 1 aromatic heterocycles. The molecule has 9 heteroatoms. The fraction of sp³-hybridized carbons (Fsp3) is 0.269. The normalized spacial score (nSPS) is 17.2. The number of nitrogens with zero attached hydrogens (tertiary/aromatic N) is 1. The summed E-state index contributed by atoms with van der Waals surface area (Å²) in [6.45, 7) is 2.23. The molecule has 182 valence electrons. The highest BCUT2D eigenvalue weighted by atomic mass is 35.5. The van der Waals surface area contributed by atoms with Crippen LogP contribution in [-0.2, 0) is 27.4 Å². The zero-order valence-corrected chi connectivity index (χ0v) is 20.0. The summed E-state index contributed by atoms with van der Waals surface area (Å²) >= 11 is 6.12. The molecular weight excluding hydrogens is 470 g/mol. The van der Waals surface area contributed by atoms with Gasteiger partial charge in [-0.05, 0) is 53.9 Å². The summed E-state index contributed by atoms with van der Waals surface area (Å²) in [5.74, 6) is 0.0882. The van der Waals surface area contributed by atoms with E-state index in [0.717, 1.165) is 12.0 Å². The van der Waals surface area contributed by atoms with E-state index in [4.69, 9.17) is 20.8 Å². The summed E-state index contributed by atoms with van der Waals surface area (Å²) in [5.41, 5.74) is 1.93. The molecule has 1 aliphatic heterocycles. The Morgan fingerprint density at radius 3 is 2.66 bits per heavy atom. The highest BCUT2D eigenvalue weighted by Gasteiger charge is 2.47. The topological polar surface area (TPSA) is 101 Å². The molecular formula is C26H26ClN3O5. The standard InChI is InChI=1S/C26H26ClN3O5/c1-2-6-22(31)29-20-10-4-8-18(14-20)24-23(25(32)28-15-21-11-5-12-34-21)30(26(33)35-24)16-17-7-3-9-19(27)13-17/h3-5,7-14,23-24H,2,6,15-16H2,1H3,(H,28,32)(H,29,31)/t23-,24+/m1/s1. The first-order valence-electron chi connectivity index (χ1n) is 11.4. The Balaban J connectivity index is 1.61. The number of nitrogens with one attached hydrogen (secondary N) is 2. The van der Waals surface area contributed by atoms with Gasteiger partial charge in [0.2, 0.25) is 11.8 Å². The quantitative estimate of drug-likeness (QED) is 0.432. The van der Waals surface area contributed by atoms with Crippen molar-refractivity contribution in [2.24, 2.45) is 0 Å².